The molecule has 0 bridgehead atoms. The molecule has 1 aromatic heterocycles. The fourth-order valence-electron chi connectivity index (χ4n) is 0.923. The summed E-state index contributed by atoms with van der Waals surface area (Å²) in [5, 5.41) is 0. The Morgan fingerprint density at radius 1 is 1.42 bits per heavy atom. The molecule has 0 saturated heterocycles. The number of pyridine rings is 1. The minimum absolute atomic E-state index is 0. The fraction of sp³-hybridized carbons (Fsp3) is 0.375. The van der Waals surface area contributed by atoms with E-state index in [0.29, 0.717) is 6.54 Å². The highest BCUT2D eigenvalue weighted by molar-refractivity contribution is 5.85. The van der Waals surface area contributed by atoms with E-state index in [0.717, 1.165) is 12.1 Å². The van der Waals surface area contributed by atoms with E-state index in [2.05, 4.69) is 4.98 Å². The maximum absolute atomic E-state index is 5.76. The van der Waals surface area contributed by atoms with Crippen molar-refractivity contribution in [3.05, 3.63) is 30.1 Å². The van der Waals surface area contributed by atoms with Gasteiger partial charge < -0.3 is 11.5 Å². The molecule has 0 aliphatic heterocycles. The summed E-state index contributed by atoms with van der Waals surface area (Å²) in [5.74, 6) is 0. The number of aromatic nitrogens is 1. The van der Waals surface area contributed by atoms with Crippen LogP contribution >= 0.6 is 12.4 Å². The Labute approximate surface area is 78.6 Å². The standard InChI is InChI=1S/C8H13N3.ClH/c9-5-4-7(10)8-3-1-2-6-11-8;/h1-3,6-7H,4-5,9-10H2;1H/t7-;/m1./s1. The van der Waals surface area contributed by atoms with Crippen LogP contribution < -0.4 is 11.5 Å². The van der Waals surface area contributed by atoms with Gasteiger partial charge in [0.2, 0.25) is 0 Å². The van der Waals surface area contributed by atoms with E-state index in [1.165, 1.54) is 0 Å². The molecule has 4 heteroatoms. The Kier molecular flexibility index (Phi) is 5.62. The molecular weight excluding hydrogens is 174 g/mol. The quantitative estimate of drug-likeness (QED) is 0.738. The molecule has 3 nitrogen and oxygen atoms in total. The Bertz CT molecular complexity index is 203. The van der Waals surface area contributed by atoms with Gasteiger partial charge in [0.1, 0.15) is 0 Å². The lowest BCUT2D eigenvalue weighted by Gasteiger charge is -2.07. The maximum Gasteiger partial charge on any atom is 0.0571 e. The molecule has 0 fully saturated rings. The summed E-state index contributed by atoms with van der Waals surface area (Å²) in [5.41, 5.74) is 12.0. The van der Waals surface area contributed by atoms with Gasteiger partial charge in [0.15, 0.2) is 0 Å². The number of nitrogens with two attached hydrogens (primary N) is 2. The highest BCUT2D eigenvalue weighted by Gasteiger charge is 2.03. The lowest BCUT2D eigenvalue weighted by molar-refractivity contribution is 0.643. The van der Waals surface area contributed by atoms with E-state index < -0.39 is 0 Å². The minimum atomic E-state index is -0.0128. The van der Waals surface area contributed by atoms with Gasteiger partial charge in [-0.3, -0.25) is 4.98 Å². The van der Waals surface area contributed by atoms with Crippen LogP contribution in [0, 0.1) is 0 Å². The summed E-state index contributed by atoms with van der Waals surface area (Å²) >= 11 is 0. The van der Waals surface area contributed by atoms with E-state index in [1.54, 1.807) is 6.20 Å². The predicted molar refractivity (Wildman–Crippen MR) is 52.1 cm³/mol. The molecule has 1 atom stereocenters. The van der Waals surface area contributed by atoms with Crippen molar-refractivity contribution in [3.8, 4) is 0 Å². The lowest BCUT2D eigenvalue weighted by atomic mass is 10.1. The van der Waals surface area contributed by atoms with Crippen LogP contribution in [0.5, 0.6) is 0 Å². The summed E-state index contributed by atoms with van der Waals surface area (Å²) in [6, 6.07) is 5.71. The fourth-order valence-corrected chi connectivity index (χ4v) is 0.923. The van der Waals surface area contributed by atoms with Crippen LogP contribution in [0.25, 0.3) is 0 Å². The first-order valence-electron chi connectivity index (χ1n) is 3.71. The second-order valence-electron chi connectivity index (χ2n) is 2.44. The summed E-state index contributed by atoms with van der Waals surface area (Å²) in [6.07, 6.45) is 2.53. The SMILES string of the molecule is Cl.NCC[C@@H](N)c1ccccn1. The van der Waals surface area contributed by atoms with Crippen molar-refractivity contribution >= 4 is 12.4 Å². The third-order valence-corrected chi connectivity index (χ3v) is 1.55. The van der Waals surface area contributed by atoms with Gasteiger partial charge in [-0.2, -0.15) is 0 Å². The van der Waals surface area contributed by atoms with E-state index in [1.807, 2.05) is 18.2 Å². The molecule has 0 saturated carbocycles. The molecule has 4 N–H and O–H groups in total. The van der Waals surface area contributed by atoms with Gasteiger partial charge in [-0.15, -0.1) is 12.4 Å². The molecule has 0 aliphatic rings. The summed E-state index contributed by atoms with van der Waals surface area (Å²) in [6.45, 7) is 0.609. The molecule has 68 valence electrons. The zero-order chi connectivity index (χ0) is 8.10. The third kappa shape index (κ3) is 3.17. The largest absolute Gasteiger partial charge is 0.330 e. The average molecular weight is 188 g/mol. The third-order valence-electron chi connectivity index (χ3n) is 1.55. The number of nitrogens with zero attached hydrogens (tertiary/aromatic N) is 1. The van der Waals surface area contributed by atoms with Gasteiger partial charge in [0, 0.05) is 12.2 Å². The van der Waals surface area contributed by atoms with Crippen LogP contribution in [-0.4, -0.2) is 11.5 Å². The van der Waals surface area contributed by atoms with Crippen molar-refractivity contribution in [3.63, 3.8) is 0 Å². The van der Waals surface area contributed by atoms with Crippen molar-refractivity contribution in [1.82, 2.24) is 4.98 Å². The van der Waals surface area contributed by atoms with Crippen LogP contribution in [0.2, 0.25) is 0 Å². The van der Waals surface area contributed by atoms with Crippen molar-refractivity contribution in [2.45, 2.75) is 12.5 Å². The molecule has 1 aromatic rings. The molecule has 12 heavy (non-hydrogen) atoms. The van der Waals surface area contributed by atoms with Crippen molar-refractivity contribution in [1.29, 1.82) is 0 Å². The highest BCUT2D eigenvalue weighted by Crippen LogP contribution is 2.08. The molecule has 0 amide bonds. The first-order valence-corrected chi connectivity index (χ1v) is 3.71. The van der Waals surface area contributed by atoms with E-state index >= 15 is 0 Å². The van der Waals surface area contributed by atoms with Gasteiger partial charge in [0.05, 0.1) is 5.69 Å². The van der Waals surface area contributed by atoms with Crippen LogP contribution in [0.4, 0.5) is 0 Å². The smallest absolute Gasteiger partial charge is 0.0571 e. The van der Waals surface area contributed by atoms with Gasteiger partial charge in [-0.05, 0) is 25.1 Å². The van der Waals surface area contributed by atoms with Crippen molar-refractivity contribution < 1.29 is 0 Å². The second-order valence-corrected chi connectivity index (χ2v) is 2.44. The van der Waals surface area contributed by atoms with E-state index in [4.69, 9.17) is 11.5 Å². The topological polar surface area (TPSA) is 64.9 Å². The number of hydrogen-bond acceptors (Lipinski definition) is 3. The van der Waals surface area contributed by atoms with E-state index in [-0.39, 0.29) is 18.4 Å². The number of halogens is 1. The molecular formula is C8H14ClN3. The zero-order valence-corrected chi connectivity index (χ0v) is 7.63. The monoisotopic (exact) mass is 187 g/mol. The van der Waals surface area contributed by atoms with Gasteiger partial charge in [0.25, 0.3) is 0 Å². The number of rotatable bonds is 3. The lowest BCUT2D eigenvalue weighted by Crippen LogP contribution is -2.16. The first kappa shape index (κ1) is 11.4. The Morgan fingerprint density at radius 3 is 2.67 bits per heavy atom. The molecule has 0 radical (unpaired) electrons. The molecule has 0 spiro atoms. The second kappa shape index (κ2) is 5.94. The summed E-state index contributed by atoms with van der Waals surface area (Å²) in [4.78, 5) is 4.12. The maximum atomic E-state index is 5.76. The summed E-state index contributed by atoms with van der Waals surface area (Å²) < 4.78 is 0. The molecule has 0 aliphatic carbocycles. The van der Waals surface area contributed by atoms with Gasteiger partial charge in [-0.25, -0.2) is 0 Å². The van der Waals surface area contributed by atoms with Gasteiger partial charge >= 0.3 is 0 Å². The molecule has 1 rings (SSSR count). The van der Waals surface area contributed by atoms with Crippen LogP contribution in [-0.2, 0) is 0 Å². The Morgan fingerprint density at radius 2 is 2.17 bits per heavy atom. The van der Waals surface area contributed by atoms with Crippen molar-refractivity contribution in [2.24, 2.45) is 11.5 Å². The van der Waals surface area contributed by atoms with Crippen LogP contribution in [0.3, 0.4) is 0 Å². The number of hydrogen-bond donors (Lipinski definition) is 2. The molecule has 0 unspecified atom stereocenters. The van der Waals surface area contributed by atoms with Crippen LogP contribution in [0.15, 0.2) is 24.4 Å². The first-order chi connectivity index (χ1) is 5.34. The molecule has 1 heterocycles. The van der Waals surface area contributed by atoms with Crippen molar-refractivity contribution in [2.75, 3.05) is 6.54 Å². The minimum Gasteiger partial charge on any atom is -0.330 e. The molecule has 0 aromatic carbocycles. The van der Waals surface area contributed by atoms with Crippen LogP contribution in [0.1, 0.15) is 18.2 Å². The zero-order valence-electron chi connectivity index (χ0n) is 6.81. The Balaban J connectivity index is 0.00000121. The summed E-state index contributed by atoms with van der Waals surface area (Å²) in [7, 11) is 0. The van der Waals surface area contributed by atoms with E-state index in [9.17, 15) is 0 Å². The Hall–Kier alpha value is -0.640. The predicted octanol–water partition coefficient (Wildman–Crippen LogP) is 0.852. The highest BCUT2D eigenvalue weighted by atomic mass is 35.5. The average Bonchev–Trinajstić information content (AvgIpc) is 2.07. The van der Waals surface area contributed by atoms with Gasteiger partial charge in [-0.1, -0.05) is 6.07 Å². The normalized spacial score (nSPS) is 11.8.